The van der Waals surface area contributed by atoms with Crippen LogP contribution in [-0.4, -0.2) is 37.8 Å². The zero-order valence-corrected chi connectivity index (χ0v) is 9.98. The van der Waals surface area contributed by atoms with Crippen LogP contribution >= 0.6 is 0 Å². The number of hydrogen-bond donors (Lipinski definition) is 2. The minimum atomic E-state index is 0.911. The average molecular weight is 233 g/mol. The number of para-hydroxylation sites is 2. The normalized spacial score (nSPS) is 17.6. The molecule has 2 N–H and O–H groups in total. The largest absolute Gasteiger partial charge is 0.370 e. The molecule has 1 fully saturated rings. The Morgan fingerprint density at radius 1 is 1.24 bits per heavy atom. The van der Waals surface area contributed by atoms with E-state index in [9.17, 15) is 0 Å². The SMILES string of the molecule is c1ccc2c(c1)[nH]c[n+]2CC[NH+]1CCOCC1. The summed E-state index contributed by atoms with van der Waals surface area (Å²) in [5.74, 6) is 0. The fourth-order valence-electron chi connectivity index (χ4n) is 2.44. The predicted octanol–water partition coefficient (Wildman–Crippen LogP) is -0.629. The van der Waals surface area contributed by atoms with Gasteiger partial charge in [0.1, 0.15) is 26.2 Å². The zero-order valence-electron chi connectivity index (χ0n) is 9.98. The second kappa shape index (κ2) is 4.85. The number of fused-ring (bicyclic) bond motifs is 1. The molecule has 0 aliphatic carbocycles. The van der Waals surface area contributed by atoms with Crippen LogP contribution in [0.4, 0.5) is 0 Å². The van der Waals surface area contributed by atoms with Crippen molar-refractivity contribution in [3.63, 3.8) is 0 Å². The Hall–Kier alpha value is -1.39. The van der Waals surface area contributed by atoms with Gasteiger partial charge in [0.2, 0.25) is 6.33 Å². The number of aromatic nitrogens is 2. The number of morpholine rings is 1. The van der Waals surface area contributed by atoms with Gasteiger partial charge in [-0.3, -0.25) is 0 Å². The summed E-state index contributed by atoms with van der Waals surface area (Å²) in [6, 6.07) is 8.44. The van der Waals surface area contributed by atoms with Gasteiger partial charge in [-0.15, -0.1) is 0 Å². The van der Waals surface area contributed by atoms with E-state index in [4.69, 9.17) is 4.74 Å². The number of quaternary nitrogens is 1. The lowest BCUT2D eigenvalue weighted by Gasteiger charge is -2.22. The standard InChI is InChI=1S/C13H17N3O/c1-2-4-13-12(3-1)14-11-16(13)6-5-15-7-9-17-10-8-15/h1-4,11H,5-10H2/p+2. The smallest absolute Gasteiger partial charge is 0.242 e. The molecule has 4 nitrogen and oxygen atoms in total. The van der Waals surface area contributed by atoms with E-state index in [0.29, 0.717) is 0 Å². The average Bonchev–Trinajstić information content (AvgIpc) is 2.81. The van der Waals surface area contributed by atoms with Crippen molar-refractivity contribution in [1.82, 2.24) is 4.98 Å². The van der Waals surface area contributed by atoms with Gasteiger partial charge in [0.05, 0.1) is 13.2 Å². The molecule has 2 heterocycles. The second-order valence-electron chi connectivity index (χ2n) is 4.60. The highest BCUT2D eigenvalue weighted by Crippen LogP contribution is 2.04. The Morgan fingerprint density at radius 2 is 2.06 bits per heavy atom. The van der Waals surface area contributed by atoms with Crippen molar-refractivity contribution >= 4 is 11.0 Å². The Kier molecular flexibility index (Phi) is 3.07. The van der Waals surface area contributed by atoms with E-state index >= 15 is 0 Å². The zero-order chi connectivity index (χ0) is 11.5. The minimum absolute atomic E-state index is 0.911. The maximum absolute atomic E-state index is 5.37. The first kappa shape index (κ1) is 10.7. The van der Waals surface area contributed by atoms with Gasteiger partial charge < -0.3 is 9.64 Å². The fraction of sp³-hybridized carbons (Fsp3) is 0.462. The van der Waals surface area contributed by atoms with Crippen LogP contribution in [0, 0.1) is 0 Å². The van der Waals surface area contributed by atoms with Crippen molar-refractivity contribution in [3.8, 4) is 0 Å². The molecule has 90 valence electrons. The molecule has 0 spiro atoms. The van der Waals surface area contributed by atoms with Crippen LogP contribution in [0.15, 0.2) is 30.6 Å². The van der Waals surface area contributed by atoms with E-state index < -0.39 is 0 Å². The van der Waals surface area contributed by atoms with Crippen molar-refractivity contribution < 1.29 is 14.2 Å². The third-order valence-corrected chi connectivity index (χ3v) is 3.50. The summed E-state index contributed by atoms with van der Waals surface area (Å²) >= 11 is 0. The van der Waals surface area contributed by atoms with E-state index in [1.54, 1.807) is 4.90 Å². The number of imidazole rings is 1. The van der Waals surface area contributed by atoms with Gasteiger partial charge in [-0.1, -0.05) is 12.1 Å². The van der Waals surface area contributed by atoms with Crippen LogP contribution in [0.5, 0.6) is 0 Å². The molecule has 0 amide bonds. The molecule has 0 saturated carbocycles. The van der Waals surface area contributed by atoms with Gasteiger partial charge in [-0.25, -0.2) is 9.55 Å². The maximum atomic E-state index is 5.37. The van der Waals surface area contributed by atoms with Gasteiger partial charge in [-0.2, -0.15) is 0 Å². The van der Waals surface area contributed by atoms with Crippen molar-refractivity contribution in [1.29, 1.82) is 0 Å². The van der Waals surface area contributed by atoms with Gasteiger partial charge in [-0.05, 0) is 12.1 Å². The lowest BCUT2D eigenvalue weighted by atomic mass is 10.3. The van der Waals surface area contributed by atoms with Gasteiger partial charge >= 0.3 is 0 Å². The number of nitrogens with zero attached hydrogens (tertiary/aromatic N) is 1. The summed E-state index contributed by atoms with van der Waals surface area (Å²) in [5, 5.41) is 0. The molecular formula is C13H19N3O+2. The highest BCUT2D eigenvalue weighted by molar-refractivity contribution is 5.70. The Bertz CT molecular complexity index is 488. The number of aromatic amines is 1. The Labute approximate surface area is 101 Å². The quantitative estimate of drug-likeness (QED) is 0.680. The second-order valence-corrected chi connectivity index (χ2v) is 4.60. The van der Waals surface area contributed by atoms with Crippen LogP contribution in [0.25, 0.3) is 11.0 Å². The van der Waals surface area contributed by atoms with E-state index in [1.807, 2.05) is 0 Å². The van der Waals surface area contributed by atoms with Crippen molar-refractivity contribution in [3.05, 3.63) is 30.6 Å². The maximum Gasteiger partial charge on any atom is 0.242 e. The Balaban J connectivity index is 1.68. The third kappa shape index (κ3) is 2.33. The topological polar surface area (TPSA) is 33.3 Å². The number of hydrogen-bond acceptors (Lipinski definition) is 1. The molecule has 17 heavy (non-hydrogen) atoms. The van der Waals surface area contributed by atoms with E-state index in [2.05, 4.69) is 40.1 Å². The first-order chi connectivity index (χ1) is 8.43. The fourth-order valence-corrected chi connectivity index (χ4v) is 2.44. The van der Waals surface area contributed by atoms with Crippen LogP contribution in [0.1, 0.15) is 0 Å². The molecule has 0 bridgehead atoms. The molecule has 1 saturated heterocycles. The predicted molar refractivity (Wildman–Crippen MR) is 64.9 cm³/mol. The molecule has 3 rings (SSSR count). The third-order valence-electron chi connectivity index (χ3n) is 3.50. The molecule has 0 unspecified atom stereocenters. The lowest BCUT2D eigenvalue weighted by molar-refractivity contribution is -0.924. The molecule has 1 aliphatic heterocycles. The number of benzene rings is 1. The molecule has 1 aromatic carbocycles. The van der Waals surface area contributed by atoms with E-state index in [-0.39, 0.29) is 0 Å². The lowest BCUT2D eigenvalue weighted by Crippen LogP contribution is -3.14. The first-order valence-corrected chi connectivity index (χ1v) is 6.30. The molecule has 0 atom stereocenters. The van der Waals surface area contributed by atoms with Gasteiger partial charge in [0.15, 0.2) is 11.0 Å². The van der Waals surface area contributed by atoms with Crippen molar-refractivity contribution in [2.24, 2.45) is 0 Å². The number of ether oxygens (including phenoxy) is 1. The van der Waals surface area contributed by atoms with E-state index in [0.717, 1.165) is 32.8 Å². The van der Waals surface area contributed by atoms with Crippen LogP contribution in [-0.2, 0) is 11.3 Å². The summed E-state index contributed by atoms with van der Waals surface area (Å²) in [7, 11) is 0. The molecular weight excluding hydrogens is 214 g/mol. The van der Waals surface area contributed by atoms with Gasteiger partial charge in [0.25, 0.3) is 0 Å². The molecule has 0 radical (unpaired) electrons. The number of rotatable bonds is 3. The number of nitrogens with one attached hydrogen (secondary N) is 2. The van der Waals surface area contributed by atoms with Crippen LogP contribution < -0.4 is 9.47 Å². The molecule has 1 aliphatic rings. The summed E-state index contributed by atoms with van der Waals surface area (Å²) in [5.41, 5.74) is 2.50. The highest BCUT2D eigenvalue weighted by Gasteiger charge is 2.16. The van der Waals surface area contributed by atoms with E-state index in [1.165, 1.54) is 17.6 Å². The van der Waals surface area contributed by atoms with Crippen molar-refractivity contribution in [2.45, 2.75) is 6.54 Å². The summed E-state index contributed by atoms with van der Waals surface area (Å²) < 4.78 is 7.68. The van der Waals surface area contributed by atoms with Gasteiger partial charge in [0, 0.05) is 0 Å². The summed E-state index contributed by atoms with van der Waals surface area (Å²) in [6.07, 6.45) is 2.07. The van der Waals surface area contributed by atoms with Crippen LogP contribution in [0.2, 0.25) is 0 Å². The van der Waals surface area contributed by atoms with Crippen LogP contribution in [0.3, 0.4) is 0 Å². The first-order valence-electron chi connectivity index (χ1n) is 6.30. The minimum Gasteiger partial charge on any atom is -0.370 e. The molecule has 1 aromatic heterocycles. The van der Waals surface area contributed by atoms with Crippen molar-refractivity contribution in [2.75, 3.05) is 32.8 Å². The summed E-state index contributed by atoms with van der Waals surface area (Å²) in [6.45, 7) is 6.35. The Morgan fingerprint density at radius 3 is 2.94 bits per heavy atom. The molecule has 2 aromatic rings. The number of H-pyrrole nitrogens is 1. The monoisotopic (exact) mass is 233 g/mol. The highest BCUT2D eigenvalue weighted by atomic mass is 16.5. The molecule has 4 heteroatoms. The summed E-state index contributed by atoms with van der Waals surface area (Å²) in [4.78, 5) is 4.95.